The first-order valence-corrected chi connectivity index (χ1v) is 7.89. The quantitative estimate of drug-likeness (QED) is 0.870. The molecule has 1 aromatic carbocycles. The summed E-state index contributed by atoms with van der Waals surface area (Å²) in [6, 6.07) is 7.17. The second-order valence-electron chi connectivity index (χ2n) is 6.86. The van der Waals surface area contributed by atoms with E-state index >= 15 is 0 Å². The van der Waals surface area contributed by atoms with Crippen LogP contribution in [-0.4, -0.2) is 26.0 Å². The van der Waals surface area contributed by atoms with Gasteiger partial charge in [0.2, 0.25) is 5.95 Å². The van der Waals surface area contributed by atoms with Crippen molar-refractivity contribution in [1.82, 2.24) is 20.2 Å². The average molecular weight is 330 g/mol. The van der Waals surface area contributed by atoms with Gasteiger partial charge in [-0.05, 0) is 40.0 Å². The number of fused-ring (bicyclic) bond motifs is 1. The molecule has 0 spiro atoms. The van der Waals surface area contributed by atoms with Gasteiger partial charge in [0.1, 0.15) is 6.04 Å². The minimum Gasteiger partial charge on any atom is -0.326 e. The van der Waals surface area contributed by atoms with Gasteiger partial charge in [-0.3, -0.25) is 4.79 Å². The lowest BCUT2D eigenvalue weighted by Crippen LogP contribution is -2.36. The van der Waals surface area contributed by atoms with Crippen molar-refractivity contribution in [1.29, 1.82) is 0 Å². The van der Waals surface area contributed by atoms with Crippen LogP contribution in [0.5, 0.6) is 0 Å². The monoisotopic (exact) mass is 329 g/mol. The molecule has 0 bridgehead atoms. The highest BCUT2D eigenvalue weighted by Gasteiger charge is 2.41. The molecule has 1 atom stereocenters. The molecule has 6 nitrogen and oxygen atoms in total. The smallest absolute Gasteiger partial charge is 0.248 e. The molecule has 2 heterocycles. The molecule has 23 heavy (non-hydrogen) atoms. The lowest BCUT2D eigenvalue weighted by Gasteiger charge is -2.37. The predicted molar refractivity (Wildman–Crippen MR) is 86.1 cm³/mol. The van der Waals surface area contributed by atoms with Gasteiger partial charge in [0.25, 0.3) is 0 Å². The van der Waals surface area contributed by atoms with Crippen LogP contribution in [0.1, 0.15) is 38.3 Å². The van der Waals surface area contributed by atoms with E-state index in [0.717, 1.165) is 23.3 Å². The number of anilines is 1. The van der Waals surface area contributed by atoms with Gasteiger partial charge in [-0.1, -0.05) is 42.7 Å². The van der Waals surface area contributed by atoms with Crippen LogP contribution in [0.15, 0.2) is 35.5 Å². The first-order chi connectivity index (χ1) is 10.9. The number of halogens is 1. The fraction of sp³-hybridized carbons (Fsp3) is 0.375. The Labute approximate surface area is 138 Å². The Morgan fingerprint density at radius 2 is 2.17 bits per heavy atom. The van der Waals surface area contributed by atoms with Crippen molar-refractivity contribution in [3.63, 3.8) is 0 Å². The Hall–Kier alpha value is -2.21. The molecular formula is C16H16ClN5O. The fourth-order valence-electron chi connectivity index (χ4n) is 3.46. The standard InChI is InChI=1S/C16H16ClN5O/c1-16(2)7-11-13(12(23)8-16)14(9-4-3-5-10(17)6-9)22-15(18-11)19-20-21-22/h3-6,14H,7-8H2,1-2H3,(H,18,19,21)/t14-/m0/s1. The molecule has 0 saturated heterocycles. The number of hydrogen-bond donors (Lipinski definition) is 1. The molecule has 7 heteroatoms. The van der Waals surface area contributed by atoms with Crippen molar-refractivity contribution < 1.29 is 4.79 Å². The van der Waals surface area contributed by atoms with Crippen molar-refractivity contribution in [3.8, 4) is 0 Å². The molecule has 1 aliphatic heterocycles. The molecular weight excluding hydrogens is 314 g/mol. The van der Waals surface area contributed by atoms with Crippen molar-refractivity contribution in [2.24, 2.45) is 5.41 Å². The Kier molecular flexibility index (Phi) is 3.06. The third kappa shape index (κ3) is 2.34. The highest BCUT2D eigenvalue weighted by molar-refractivity contribution is 6.30. The summed E-state index contributed by atoms with van der Waals surface area (Å²) in [6.07, 6.45) is 1.31. The number of ketones is 1. The number of aromatic nitrogens is 4. The Bertz CT molecular complexity index is 839. The maximum Gasteiger partial charge on any atom is 0.248 e. The van der Waals surface area contributed by atoms with Crippen LogP contribution < -0.4 is 5.32 Å². The second-order valence-corrected chi connectivity index (χ2v) is 7.30. The second kappa shape index (κ2) is 4.89. The number of tetrazole rings is 1. The van der Waals surface area contributed by atoms with E-state index in [4.69, 9.17) is 11.6 Å². The van der Waals surface area contributed by atoms with E-state index in [0.29, 0.717) is 17.4 Å². The Balaban J connectivity index is 1.91. The number of Topliss-reactive ketones (excluding diaryl/α,β-unsaturated/α-hetero) is 1. The Morgan fingerprint density at radius 1 is 1.35 bits per heavy atom. The molecule has 1 N–H and O–H groups in total. The van der Waals surface area contributed by atoms with Crippen LogP contribution >= 0.6 is 11.6 Å². The van der Waals surface area contributed by atoms with E-state index in [9.17, 15) is 4.79 Å². The maximum atomic E-state index is 12.8. The van der Waals surface area contributed by atoms with Crippen LogP contribution in [0.25, 0.3) is 0 Å². The molecule has 118 valence electrons. The minimum absolute atomic E-state index is 0.0720. The molecule has 0 unspecified atom stereocenters. The van der Waals surface area contributed by atoms with Crippen LogP contribution in [0.3, 0.4) is 0 Å². The highest BCUT2D eigenvalue weighted by Crippen LogP contribution is 2.45. The molecule has 1 aliphatic carbocycles. The molecule has 2 aliphatic rings. The largest absolute Gasteiger partial charge is 0.326 e. The van der Waals surface area contributed by atoms with Crippen molar-refractivity contribution in [2.45, 2.75) is 32.7 Å². The third-order valence-electron chi connectivity index (χ3n) is 4.36. The summed E-state index contributed by atoms with van der Waals surface area (Å²) in [5.74, 6) is 0.689. The molecule has 0 radical (unpaired) electrons. The number of nitrogens with zero attached hydrogens (tertiary/aromatic N) is 4. The first kappa shape index (κ1) is 14.4. The number of carbonyl (C=O) groups excluding carboxylic acids is 1. The summed E-state index contributed by atoms with van der Waals surface area (Å²) in [5.41, 5.74) is 2.50. The molecule has 0 amide bonds. The lowest BCUT2D eigenvalue weighted by atomic mass is 9.73. The fourth-order valence-corrected chi connectivity index (χ4v) is 3.65. The summed E-state index contributed by atoms with van der Waals surface area (Å²) >= 11 is 6.14. The van der Waals surface area contributed by atoms with Gasteiger partial charge in [0.15, 0.2) is 5.78 Å². The van der Waals surface area contributed by atoms with E-state index in [1.54, 1.807) is 4.68 Å². The van der Waals surface area contributed by atoms with E-state index < -0.39 is 0 Å². The molecule has 0 fully saturated rings. The summed E-state index contributed by atoms with van der Waals surface area (Å²) < 4.78 is 1.65. The van der Waals surface area contributed by atoms with Gasteiger partial charge in [0.05, 0.1) is 0 Å². The zero-order valence-corrected chi connectivity index (χ0v) is 13.6. The summed E-state index contributed by atoms with van der Waals surface area (Å²) in [4.78, 5) is 12.8. The molecule has 1 aromatic heterocycles. The highest BCUT2D eigenvalue weighted by atomic mass is 35.5. The average Bonchev–Trinajstić information content (AvgIpc) is 2.91. The number of hydrogen-bond acceptors (Lipinski definition) is 5. The van der Waals surface area contributed by atoms with Gasteiger partial charge in [-0.25, -0.2) is 0 Å². The Morgan fingerprint density at radius 3 is 2.96 bits per heavy atom. The van der Waals surface area contributed by atoms with Crippen LogP contribution in [-0.2, 0) is 4.79 Å². The van der Waals surface area contributed by atoms with E-state index in [-0.39, 0.29) is 17.2 Å². The molecule has 0 saturated carbocycles. The zero-order valence-electron chi connectivity index (χ0n) is 12.9. The molecule has 4 rings (SSSR count). The van der Waals surface area contributed by atoms with Gasteiger partial charge >= 0.3 is 0 Å². The van der Waals surface area contributed by atoms with Crippen molar-refractivity contribution >= 4 is 23.3 Å². The van der Waals surface area contributed by atoms with Crippen LogP contribution in [0.2, 0.25) is 5.02 Å². The third-order valence-corrected chi connectivity index (χ3v) is 4.59. The van der Waals surface area contributed by atoms with Crippen molar-refractivity contribution in [3.05, 3.63) is 46.1 Å². The van der Waals surface area contributed by atoms with E-state index in [1.165, 1.54) is 0 Å². The van der Waals surface area contributed by atoms with Gasteiger partial charge in [0, 0.05) is 22.7 Å². The number of carbonyl (C=O) groups is 1. The lowest BCUT2D eigenvalue weighted by molar-refractivity contribution is -0.118. The van der Waals surface area contributed by atoms with E-state index in [2.05, 4.69) is 34.7 Å². The number of nitrogens with one attached hydrogen (secondary N) is 1. The number of rotatable bonds is 1. The van der Waals surface area contributed by atoms with E-state index in [1.807, 2.05) is 24.3 Å². The normalized spacial score (nSPS) is 22.4. The minimum atomic E-state index is -0.335. The SMILES string of the molecule is CC1(C)CC(=O)C2=C(C1)Nc1nnnn1[C@H]2c1cccc(Cl)c1. The maximum absolute atomic E-state index is 12.8. The number of allylic oxidation sites excluding steroid dienone is 2. The van der Waals surface area contributed by atoms with Gasteiger partial charge < -0.3 is 5.32 Å². The van der Waals surface area contributed by atoms with Gasteiger partial charge in [-0.2, -0.15) is 4.68 Å². The van der Waals surface area contributed by atoms with Crippen LogP contribution in [0.4, 0.5) is 5.95 Å². The zero-order chi connectivity index (χ0) is 16.2. The number of benzene rings is 1. The van der Waals surface area contributed by atoms with Crippen molar-refractivity contribution in [2.75, 3.05) is 5.32 Å². The summed E-state index contributed by atoms with van der Waals surface area (Å²) in [5, 5.41) is 15.7. The van der Waals surface area contributed by atoms with Crippen LogP contribution in [0, 0.1) is 5.41 Å². The molecule has 2 aromatic rings. The first-order valence-electron chi connectivity index (χ1n) is 7.51. The summed E-state index contributed by atoms with van der Waals surface area (Å²) in [6.45, 7) is 4.20. The predicted octanol–water partition coefficient (Wildman–Crippen LogP) is 2.98. The summed E-state index contributed by atoms with van der Waals surface area (Å²) in [7, 11) is 0. The topological polar surface area (TPSA) is 72.7 Å². The van der Waals surface area contributed by atoms with Gasteiger partial charge in [-0.15, -0.1) is 0 Å².